The van der Waals surface area contributed by atoms with Crippen molar-refractivity contribution in [2.24, 2.45) is 5.73 Å². The van der Waals surface area contributed by atoms with Crippen LogP contribution in [0.1, 0.15) is 49.0 Å². The van der Waals surface area contributed by atoms with E-state index in [0.717, 1.165) is 34.5 Å². The minimum atomic E-state index is -0.102. The lowest BCUT2D eigenvalue weighted by Gasteiger charge is -2.13. The van der Waals surface area contributed by atoms with Crippen LogP contribution in [0.2, 0.25) is 0 Å². The van der Waals surface area contributed by atoms with Gasteiger partial charge in [-0.1, -0.05) is 21.1 Å². The van der Waals surface area contributed by atoms with Gasteiger partial charge in [-0.25, -0.2) is 0 Å². The lowest BCUT2D eigenvalue weighted by molar-refractivity contribution is 0.281. The summed E-state index contributed by atoms with van der Waals surface area (Å²) in [5.74, 6) is 2.52. The molecule has 1 aromatic heterocycles. The van der Waals surface area contributed by atoms with E-state index < -0.39 is 0 Å². The molecule has 20 heavy (non-hydrogen) atoms. The summed E-state index contributed by atoms with van der Waals surface area (Å²) >= 11 is 3.44. The van der Waals surface area contributed by atoms with Gasteiger partial charge in [-0.2, -0.15) is 4.98 Å². The summed E-state index contributed by atoms with van der Waals surface area (Å²) in [5.41, 5.74) is 6.90. The van der Waals surface area contributed by atoms with Crippen molar-refractivity contribution in [3.05, 3.63) is 40.0 Å². The van der Waals surface area contributed by atoms with Gasteiger partial charge in [-0.15, -0.1) is 0 Å². The first-order valence-electron chi connectivity index (χ1n) is 6.64. The number of hydrogen-bond acceptors (Lipinski definition) is 5. The molecule has 2 N–H and O–H groups in total. The quantitative estimate of drug-likeness (QED) is 0.905. The molecule has 6 heteroatoms. The van der Waals surface area contributed by atoms with E-state index in [2.05, 4.69) is 26.1 Å². The van der Waals surface area contributed by atoms with Crippen LogP contribution in [0.15, 0.2) is 27.2 Å². The van der Waals surface area contributed by atoms with Crippen molar-refractivity contribution in [3.63, 3.8) is 0 Å². The zero-order valence-electron chi connectivity index (χ0n) is 11.2. The van der Waals surface area contributed by atoms with Crippen LogP contribution in [0, 0.1) is 0 Å². The predicted molar refractivity (Wildman–Crippen MR) is 77.3 cm³/mol. The molecular weight excluding hydrogens is 322 g/mol. The first-order valence-corrected chi connectivity index (χ1v) is 7.43. The molecule has 1 heterocycles. The molecule has 0 radical (unpaired) electrons. The first-order chi connectivity index (χ1) is 9.63. The zero-order chi connectivity index (χ0) is 14.1. The average Bonchev–Trinajstić information content (AvgIpc) is 3.17. The standard InChI is InChI=1S/C14H16BrN3O2/c1-8(16)11-6-10(15)4-5-12(11)19-7-13-17-14(20-18-13)9-2-3-9/h4-6,8-9H,2-3,7,16H2,1H3/t8-/m1/s1. The number of benzene rings is 1. The van der Waals surface area contributed by atoms with Gasteiger partial charge in [0.2, 0.25) is 11.7 Å². The summed E-state index contributed by atoms with van der Waals surface area (Å²) < 4.78 is 11.9. The Bertz CT molecular complexity index is 608. The summed E-state index contributed by atoms with van der Waals surface area (Å²) in [6.07, 6.45) is 2.29. The van der Waals surface area contributed by atoms with Gasteiger partial charge in [-0.05, 0) is 38.0 Å². The minimum absolute atomic E-state index is 0.102. The molecule has 106 valence electrons. The van der Waals surface area contributed by atoms with Gasteiger partial charge in [0.05, 0.1) is 0 Å². The highest BCUT2D eigenvalue weighted by molar-refractivity contribution is 9.10. The molecule has 3 rings (SSSR count). The lowest BCUT2D eigenvalue weighted by Crippen LogP contribution is -2.08. The van der Waals surface area contributed by atoms with Gasteiger partial charge < -0.3 is 15.0 Å². The highest BCUT2D eigenvalue weighted by atomic mass is 79.9. The molecule has 1 aliphatic carbocycles. The summed E-state index contributed by atoms with van der Waals surface area (Å²) in [6.45, 7) is 2.21. The van der Waals surface area contributed by atoms with Crippen molar-refractivity contribution >= 4 is 15.9 Å². The van der Waals surface area contributed by atoms with Crippen LogP contribution in [-0.2, 0) is 6.61 Å². The molecule has 0 unspecified atom stereocenters. The van der Waals surface area contributed by atoms with Crippen molar-refractivity contribution in [1.29, 1.82) is 0 Å². The van der Waals surface area contributed by atoms with Crippen LogP contribution < -0.4 is 10.5 Å². The molecule has 1 aromatic carbocycles. The fraction of sp³-hybridized carbons (Fsp3) is 0.429. The SMILES string of the molecule is C[C@@H](N)c1cc(Br)ccc1OCc1noc(C2CC2)n1. The maximum absolute atomic E-state index is 5.95. The van der Waals surface area contributed by atoms with Crippen molar-refractivity contribution in [2.75, 3.05) is 0 Å². The minimum Gasteiger partial charge on any atom is -0.485 e. The van der Waals surface area contributed by atoms with Crippen molar-refractivity contribution in [3.8, 4) is 5.75 Å². The molecule has 1 fully saturated rings. The summed E-state index contributed by atoms with van der Waals surface area (Å²) in [5, 5.41) is 3.93. The smallest absolute Gasteiger partial charge is 0.229 e. The van der Waals surface area contributed by atoms with Gasteiger partial charge in [0.1, 0.15) is 5.75 Å². The zero-order valence-corrected chi connectivity index (χ0v) is 12.8. The molecule has 0 aliphatic heterocycles. The van der Waals surface area contributed by atoms with E-state index in [1.165, 1.54) is 0 Å². The van der Waals surface area contributed by atoms with E-state index in [4.69, 9.17) is 15.0 Å². The monoisotopic (exact) mass is 337 g/mol. The number of hydrogen-bond donors (Lipinski definition) is 1. The topological polar surface area (TPSA) is 74.2 Å². The van der Waals surface area contributed by atoms with Crippen LogP contribution in [0.5, 0.6) is 5.75 Å². The van der Waals surface area contributed by atoms with Crippen molar-refractivity contribution in [2.45, 2.75) is 38.3 Å². The third-order valence-electron chi connectivity index (χ3n) is 3.23. The summed E-state index contributed by atoms with van der Waals surface area (Å²) in [6, 6.07) is 5.68. The third-order valence-corrected chi connectivity index (χ3v) is 3.72. The maximum Gasteiger partial charge on any atom is 0.229 e. The van der Waals surface area contributed by atoms with E-state index in [1.54, 1.807) is 0 Å². The molecule has 0 saturated heterocycles. The predicted octanol–water partition coefficient (Wildman–Crippen LogP) is 3.31. The molecule has 0 amide bonds. The van der Waals surface area contributed by atoms with E-state index >= 15 is 0 Å². The van der Waals surface area contributed by atoms with Crippen molar-refractivity contribution in [1.82, 2.24) is 10.1 Å². The molecular formula is C14H16BrN3O2. The Kier molecular flexibility index (Phi) is 3.76. The maximum atomic E-state index is 5.95. The van der Waals surface area contributed by atoms with Crippen LogP contribution in [-0.4, -0.2) is 10.1 Å². The van der Waals surface area contributed by atoms with E-state index in [-0.39, 0.29) is 12.6 Å². The van der Waals surface area contributed by atoms with Gasteiger partial charge in [0, 0.05) is 22.0 Å². The second-order valence-electron chi connectivity index (χ2n) is 5.08. The fourth-order valence-electron chi connectivity index (χ4n) is 1.97. The molecule has 0 spiro atoms. The van der Waals surface area contributed by atoms with E-state index in [1.807, 2.05) is 25.1 Å². The Balaban J connectivity index is 1.70. The van der Waals surface area contributed by atoms with Crippen LogP contribution >= 0.6 is 15.9 Å². The highest BCUT2D eigenvalue weighted by Crippen LogP contribution is 2.38. The molecule has 1 atom stereocenters. The van der Waals surface area contributed by atoms with Crippen LogP contribution in [0.4, 0.5) is 0 Å². The lowest BCUT2D eigenvalue weighted by atomic mass is 10.1. The molecule has 0 bridgehead atoms. The summed E-state index contributed by atoms with van der Waals surface area (Å²) in [4.78, 5) is 4.34. The normalized spacial score (nSPS) is 16.1. The highest BCUT2D eigenvalue weighted by Gasteiger charge is 2.29. The van der Waals surface area contributed by atoms with Gasteiger partial charge in [-0.3, -0.25) is 0 Å². The van der Waals surface area contributed by atoms with Gasteiger partial charge in [0.25, 0.3) is 0 Å². The number of aromatic nitrogens is 2. The Morgan fingerprint density at radius 2 is 2.30 bits per heavy atom. The Labute approximate surface area is 125 Å². The third kappa shape index (κ3) is 3.02. The molecule has 5 nitrogen and oxygen atoms in total. The molecule has 1 saturated carbocycles. The first kappa shape index (κ1) is 13.6. The Hall–Kier alpha value is -1.40. The Morgan fingerprint density at radius 3 is 3.00 bits per heavy atom. The Morgan fingerprint density at radius 1 is 1.50 bits per heavy atom. The molecule has 2 aromatic rings. The number of halogens is 1. The average molecular weight is 338 g/mol. The van der Waals surface area contributed by atoms with Gasteiger partial charge in [0.15, 0.2) is 6.61 Å². The fourth-order valence-corrected chi connectivity index (χ4v) is 2.35. The largest absolute Gasteiger partial charge is 0.485 e. The van der Waals surface area contributed by atoms with Crippen LogP contribution in [0.25, 0.3) is 0 Å². The molecule has 1 aliphatic rings. The van der Waals surface area contributed by atoms with Crippen LogP contribution in [0.3, 0.4) is 0 Å². The number of nitrogens with zero attached hydrogens (tertiary/aromatic N) is 2. The second-order valence-corrected chi connectivity index (χ2v) is 6.00. The van der Waals surface area contributed by atoms with E-state index in [9.17, 15) is 0 Å². The number of nitrogens with two attached hydrogens (primary N) is 1. The van der Waals surface area contributed by atoms with E-state index in [0.29, 0.717) is 11.7 Å². The number of rotatable bonds is 5. The summed E-state index contributed by atoms with van der Waals surface area (Å²) in [7, 11) is 0. The number of ether oxygens (including phenoxy) is 1. The van der Waals surface area contributed by atoms with Gasteiger partial charge >= 0.3 is 0 Å². The second kappa shape index (κ2) is 5.54. The van der Waals surface area contributed by atoms with Crippen molar-refractivity contribution < 1.29 is 9.26 Å².